The van der Waals surface area contributed by atoms with Crippen molar-refractivity contribution in [3.8, 4) is 22.6 Å². The molecule has 0 aliphatic heterocycles. The number of esters is 1. The Morgan fingerprint density at radius 2 is 1.91 bits per heavy atom. The standard InChI is InChI=1S/C17H21NO4S/c1-10(2)8-22-17(19)15-12(9-23-16(15)18)11-5-6-13(20-3)14(7-11)21-4/h5-7,9-10H,8,18H2,1-4H3. The number of rotatable bonds is 6. The van der Waals surface area contributed by atoms with Crippen molar-refractivity contribution in [1.82, 2.24) is 0 Å². The first kappa shape index (κ1) is 17.1. The first-order valence-corrected chi connectivity index (χ1v) is 8.12. The minimum atomic E-state index is -0.401. The van der Waals surface area contributed by atoms with Crippen LogP contribution in [0.1, 0.15) is 24.2 Å². The van der Waals surface area contributed by atoms with E-state index in [4.69, 9.17) is 19.9 Å². The van der Waals surface area contributed by atoms with E-state index in [1.54, 1.807) is 20.3 Å². The van der Waals surface area contributed by atoms with Crippen LogP contribution >= 0.6 is 11.3 Å². The number of carbonyl (C=O) groups excluding carboxylic acids is 1. The molecule has 23 heavy (non-hydrogen) atoms. The number of thiophene rings is 1. The van der Waals surface area contributed by atoms with Crippen LogP contribution < -0.4 is 15.2 Å². The largest absolute Gasteiger partial charge is 0.493 e. The van der Waals surface area contributed by atoms with Gasteiger partial charge >= 0.3 is 5.97 Å². The van der Waals surface area contributed by atoms with Gasteiger partial charge in [0.2, 0.25) is 0 Å². The highest BCUT2D eigenvalue weighted by molar-refractivity contribution is 7.14. The van der Waals surface area contributed by atoms with E-state index in [-0.39, 0.29) is 5.92 Å². The Bertz CT molecular complexity index is 694. The topological polar surface area (TPSA) is 70.8 Å². The normalized spacial score (nSPS) is 10.7. The Morgan fingerprint density at radius 3 is 2.52 bits per heavy atom. The summed E-state index contributed by atoms with van der Waals surface area (Å²) in [6.07, 6.45) is 0. The van der Waals surface area contributed by atoms with Gasteiger partial charge in [-0.15, -0.1) is 11.3 Å². The van der Waals surface area contributed by atoms with Crippen molar-refractivity contribution >= 4 is 22.3 Å². The minimum absolute atomic E-state index is 0.267. The first-order chi connectivity index (χ1) is 11.0. The number of carbonyl (C=O) groups is 1. The second-order valence-corrected chi connectivity index (χ2v) is 6.36. The fourth-order valence-corrected chi connectivity index (χ4v) is 2.92. The summed E-state index contributed by atoms with van der Waals surface area (Å²) in [5.74, 6) is 1.09. The number of ether oxygens (including phenoxy) is 3. The lowest BCUT2D eigenvalue weighted by Crippen LogP contribution is -2.11. The van der Waals surface area contributed by atoms with Gasteiger partial charge in [0.15, 0.2) is 11.5 Å². The number of nitrogen functional groups attached to an aromatic ring is 1. The minimum Gasteiger partial charge on any atom is -0.493 e. The molecular weight excluding hydrogens is 314 g/mol. The molecule has 6 heteroatoms. The monoisotopic (exact) mass is 335 g/mol. The summed E-state index contributed by atoms with van der Waals surface area (Å²) >= 11 is 1.32. The van der Waals surface area contributed by atoms with Crippen LogP contribution in [-0.4, -0.2) is 26.8 Å². The van der Waals surface area contributed by atoms with E-state index in [9.17, 15) is 4.79 Å². The molecule has 0 fully saturated rings. The van der Waals surface area contributed by atoms with Crippen molar-refractivity contribution in [3.63, 3.8) is 0 Å². The predicted molar refractivity (Wildman–Crippen MR) is 92.4 cm³/mol. The number of methoxy groups -OCH3 is 2. The molecule has 2 N–H and O–H groups in total. The molecule has 2 rings (SSSR count). The van der Waals surface area contributed by atoms with E-state index in [0.29, 0.717) is 28.7 Å². The zero-order valence-corrected chi connectivity index (χ0v) is 14.5. The SMILES string of the molecule is COc1ccc(-c2csc(N)c2C(=O)OCC(C)C)cc1OC. The maximum absolute atomic E-state index is 12.4. The van der Waals surface area contributed by atoms with Crippen LogP contribution in [0.25, 0.3) is 11.1 Å². The van der Waals surface area contributed by atoms with E-state index < -0.39 is 5.97 Å². The highest BCUT2D eigenvalue weighted by Crippen LogP contribution is 2.38. The molecule has 1 aromatic heterocycles. The third kappa shape index (κ3) is 3.76. The smallest absolute Gasteiger partial charge is 0.341 e. The van der Waals surface area contributed by atoms with Gasteiger partial charge in [-0.2, -0.15) is 0 Å². The van der Waals surface area contributed by atoms with Gasteiger partial charge in [-0.05, 0) is 23.6 Å². The second kappa shape index (κ2) is 7.37. The van der Waals surface area contributed by atoms with E-state index in [1.807, 2.05) is 31.4 Å². The van der Waals surface area contributed by atoms with Gasteiger partial charge in [-0.3, -0.25) is 0 Å². The summed E-state index contributed by atoms with van der Waals surface area (Å²) < 4.78 is 15.9. The average molecular weight is 335 g/mol. The Labute approximate surface area is 140 Å². The van der Waals surface area contributed by atoms with Crippen LogP contribution in [-0.2, 0) is 4.74 Å². The van der Waals surface area contributed by atoms with Gasteiger partial charge in [0.1, 0.15) is 10.6 Å². The fraction of sp³-hybridized carbons (Fsp3) is 0.353. The van der Waals surface area contributed by atoms with Gasteiger partial charge in [-0.1, -0.05) is 19.9 Å². The molecule has 0 bridgehead atoms. The number of benzene rings is 1. The second-order valence-electron chi connectivity index (χ2n) is 5.45. The zero-order chi connectivity index (χ0) is 17.0. The Hall–Kier alpha value is -2.21. The Kier molecular flexibility index (Phi) is 5.50. The van der Waals surface area contributed by atoms with E-state index in [0.717, 1.165) is 11.1 Å². The highest BCUT2D eigenvalue weighted by atomic mass is 32.1. The molecule has 0 spiro atoms. The first-order valence-electron chi connectivity index (χ1n) is 7.24. The molecule has 0 unspecified atom stereocenters. The van der Waals surface area contributed by atoms with Crippen LogP contribution in [0.2, 0.25) is 0 Å². The molecule has 0 saturated carbocycles. The summed E-state index contributed by atoms with van der Waals surface area (Å²) in [5.41, 5.74) is 7.94. The van der Waals surface area contributed by atoms with Crippen LogP contribution in [0.4, 0.5) is 5.00 Å². The molecule has 0 amide bonds. The van der Waals surface area contributed by atoms with Crippen LogP contribution in [0.3, 0.4) is 0 Å². The third-order valence-electron chi connectivity index (χ3n) is 3.27. The van der Waals surface area contributed by atoms with Crippen LogP contribution in [0, 0.1) is 5.92 Å². The van der Waals surface area contributed by atoms with Gasteiger partial charge in [0.25, 0.3) is 0 Å². The molecular formula is C17H21NO4S. The molecule has 0 saturated heterocycles. The van der Waals surface area contributed by atoms with E-state index >= 15 is 0 Å². The third-order valence-corrected chi connectivity index (χ3v) is 4.08. The Balaban J connectivity index is 2.39. The molecule has 1 heterocycles. The van der Waals surface area contributed by atoms with Crippen LogP contribution in [0.5, 0.6) is 11.5 Å². The predicted octanol–water partition coefficient (Wildman–Crippen LogP) is 3.83. The molecule has 124 valence electrons. The maximum atomic E-state index is 12.4. The average Bonchev–Trinajstić information content (AvgIpc) is 2.93. The quantitative estimate of drug-likeness (QED) is 0.813. The number of nitrogens with two attached hydrogens (primary N) is 1. The van der Waals surface area contributed by atoms with Crippen molar-refractivity contribution in [2.24, 2.45) is 5.92 Å². The molecule has 5 nitrogen and oxygen atoms in total. The van der Waals surface area contributed by atoms with Crippen molar-refractivity contribution in [2.75, 3.05) is 26.6 Å². The maximum Gasteiger partial charge on any atom is 0.341 e. The van der Waals surface area contributed by atoms with Gasteiger partial charge in [-0.25, -0.2) is 4.79 Å². The number of hydrogen-bond acceptors (Lipinski definition) is 6. The highest BCUT2D eigenvalue weighted by Gasteiger charge is 2.21. The van der Waals surface area contributed by atoms with Gasteiger partial charge < -0.3 is 19.9 Å². The lowest BCUT2D eigenvalue weighted by Gasteiger charge is -2.11. The zero-order valence-electron chi connectivity index (χ0n) is 13.7. The van der Waals surface area contributed by atoms with Crippen molar-refractivity contribution in [3.05, 3.63) is 29.1 Å². The van der Waals surface area contributed by atoms with Gasteiger partial charge in [0.05, 0.1) is 20.8 Å². The van der Waals surface area contributed by atoms with E-state index in [1.165, 1.54) is 11.3 Å². The molecule has 2 aromatic rings. The lowest BCUT2D eigenvalue weighted by atomic mass is 10.0. The molecule has 0 radical (unpaired) electrons. The van der Waals surface area contributed by atoms with Crippen LogP contribution in [0.15, 0.2) is 23.6 Å². The van der Waals surface area contributed by atoms with Crippen molar-refractivity contribution < 1.29 is 19.0 Å². The molecule has 0 aliphatic carbocycles. The Morgan fingerprint density at radius 1 is 1.22 bits per heavy atom. The number of hydrogen-bond donors (Lipinski definition) is 1. The summed E-state index contributed by atoms with van der Waals surface area (Å²) in [6.45, 7) is 4.33. The van der Waals surface area contributed by atoms with E-state index in [2.05, 4.69) is 0 Å². The van der Waals surface area contributed by atoms with Crippen molar-refractivity contribution in [2.45, 2.75) is 13.8 Å². The molecule has 0 atom stereocenters. The fourth-order valence-electron chi connectivity index (χ4n) is 2.11. The summed E-state index contributed by atoms with van der Waals surface area (Å²) in [5, 5.41) is 2.30. The lowest BCUT2D eigenvalue weighted by molar-refractivity contribution is 0.0461. The molecule has 0 aliphatic rings. The number of anilines is 1. The molecule has 1 aromatic carbocycles. The summed E-state index contributed by atoms with van der Waals surface area (Å²) in [6, 6.07) is 5.48. The summed E-state index contributed by atoms with van der Waals surface area (Å²) in [4.78, 5) is 12.4. The van der Waals surface area contributed by atoms with Gasteiger partial charge in [0, 0.05) is 10.9 Å². The summed E-state index contributed by atoms with van der Waals surface area (Å²) in [7, 11) is 3.15. The van der Waals surface area contributed by atoms with Crippen molar-refractivity contribution in [1.29, 1.82) is 0 Å².